The van der Waals surface area contributed by atoms with Crippen LogP contribution in [0, 0.1) is 0 Å². The number of furan rings is 1. The largest absolute Gasteiger partial charge is 0.452 e. The van der Waals surface area contributed by atoms with E-state index in [1.54, 1.807) is 35.3 Å². The van der Waals surface area contributed by atoms with E-state index in [2.05, 4.69) is 10.4 Å². The Morgan fingerprint density at radius 2 is 2.07 bits per heavy atom. The summed E-state index contributed by atoms with van der Waals surface area (Å²) < 4.78 is 12.3. The van der Waals surface area contributed by atoms with Crippen molar-refractivity contribution in [1.82, 2.24) is 15.1 Å². The summed E-state index contributed by atoms with van der Waals surface area (Å²) in [5, 5.41) is 7.31. The Labute approximate surface area is 160 Å². The maximum atomic E-state index is 12.2. The number of aromatic nitrogens is 2. The lowest BCUT2D eigenvalue weighted by molar-refractivity contribution is -0.129. The molecule has 0 aliphatic rings. The summed E-state index contributed by atoms with van der Waals surface area (Å²) in [4.78, 5) is 24.3. The zero-order valence-electron chi connectivity index (χ0n) is 14.6. The molecule has 0 fully saturated rings. The Morgan fingerprint density at radius 1 is 1.26 bits per heavy atom. The summed E-state index contributed by atoms with van der Waals surface area (Å²) in [6.45, 7) is 2.14. The molecule has 0 saturated heterocycles. The van der Waals surface area contributed by atoms with Crippen LogP contribution in [0.15, 0.2) is 59.3 Å². The molecule has 0 saturated carbocycles. The minimum atomic E-state index is -0.973. The lowest BCUT2D eigenvalue weighted by Crippen LogP contribution is -2.35. The van der Waals surface area contributed by atoms with E-state index >= 15 is 0 Å². The van der Waals surface area contributed by atoms with Crippen LogP contribution in [0.4, 0.5) is 0 Å². The van der Waals surface area contributed by atoms with Crippen LogP contribution in [0.3, 0.4) is 0 Å². The molecule has 1 N–H and O–H groups in total. The van der Waals surface area contributed by atoms with E-state index in [-0.39, 0.29) is 12.3 Å². The van der Waals surface area contributed by atoms with E-state index in [0.717, 1.165) is 5.56 Å². The zero-order chi connectivity index (χ0) is 19.2. The third-order valence-electron chi connectivity index (χ3n) is 3.80. The molecule has 0 aliphatic heterocycles. The van der Waals surface area contributed by atoms with E-state index in [1.807, 2.05) is 18.2 Å². The topological polar surface area (TPSA) is 86.4 Å². The van der Waals surface area contributed by atoms with Crippen LogP contribution >= 0.6 is 11.6 Å². The standard InChI is InChI=1S/C19H18ClN3O4/c1-13(18(24)21-11-14-5-2-3-6-16(14)20)26-19(25)17-8-7-15(27-17)12-23-10-4-9-22-23/h2-10,13H,11-12H2,1H3,(H,21,24). The second-order valence-corrected chi connectivity index (χ2v) is 6.23. The van der Waals surface area contributed by atoms with Gasteiger partial charge in [-0.15, -0.1) is 0 Å². The highest BCUT2D eigenvalue weighted by Crippen LogP contribution is 2.15. The Hall–Kier alpha value is -3.06. The van der Waals surface area contributed by atoms with Gasteiger partial charge >= 0.3 is 5.97 Å². The number of hydrogen-bond donors (Lipinski definition) is 1. The van der Waals surface area contributed by atoms with Crippen molar-refractivity contribution < 1.29 is 18.7 Å². The molecule has 2 heterocycles. The Morgan fingerprint density at radius 3 is 2.81 bits per heavy atom. The van der Waals surface area contributed by atoms with E-state index in [0.29, 0.717) is 17.3 Å². The van der Waals surface area contributed by atoms with Gasteiger partial charge in [-0.3, -0.25) is 9.48 Å². The number of rotatable bonds is 7. The summed E-state index contributed by atoms with van der Waals surface area (Å²) in [5.74, 6) is -0.543. The summed E-state index contributed by atoms with van der Waals surface area (Å²) in [5.41, 5.74) is 0.778. The summed E-state index contributed by atoms with van der Waals surface area (Å²) >= 11 is 6.05. The third-order valence-corrected chi connectivity index (χ3v) is 4.17. The van der Waals surface area contributed by atoms with Gasteiger partial charge in [0.2, 0.25) is 5.76 Å². The molecule has 1 aromatic carbocycles. The molecule has 1 unspecified atom stereocenters. The molecule has 3 rings (SSSR count). The molecule has 8 heteroatoms. The monoisotopic (exact) mass is 387 g/mol. The lowest BCUT2D eigenvalue weighted by atomic mass is 10.2. The van der Waals surface area contributed by atoms with Gasteiger partial charge in [0.25, 0.3) is 5.91 Å². The highest BCUT2D eigenvalue weighted by Gasteiger charge is 2.21. The first kappa shape index (κ1) is 18.7. The predicted molar refractivity (Wildman–Crippen MR) is 98.2 cm³/mol. The minimum Gasteiger partial charge on any atom is -0.452 e. The molecule has 1 amide bonds. The van der Waals surface area contributed by atoms with Gasteiger partial charge in [-0.05, 0) is 36.8 Å². The smallest absolute Gasteiger partial charge is 0.375 e. The fourth-order valence-corrected chi connectivity index (χ4v) is 2.57. The Bertz CT molecular complexity index is 921. The number of halogens is 1. The lowest BCUT2D eigenvalue weighted by Gasteiger charge is -2.13. The van der Waals surface area contributed by atoms with Crippen molar-refractivity contribution in [3.05, 3.63) is 77.0 Å². The summed E-state index contributed by atoms with van der Waals surface area (Å²) in [6.07, 6.45) is 2.46. The maximum Gasteiger partial charge on any atom is 0.375 e. The van der Waals surface area contributed by atoms with Crippen LogP contribution in [0.25, 0.3) is 0 Å². The van der Waals surface area contributed by atoms with Gasteiger partial charge in [0.1, 0.15) is 5.76 Å². The molecule has 0 bridgehead atoms. The maximum absolute atomic E-state index is 12.2. The van der Waals surface area contributed by atoms with Gasteiger partial charge in [-0.2, -0.15) is 5.10 Å². The average molecular weight is 388 g/mol. The Kier molecular flexibility index (Phi) is 5.93. The first-order valence-corrected chi connectivity index (χ1v) is 8.69. The number of nitrogens with zero attached hydrogens (tertiary/aromatic N) is 2. The second-order valence-electron chi connectivity index (χ2n) is 5.83. The first-order chi connectivity index (χ1) is 13.0. The van der Waals surface area contributed by atoms with Crippen LogP contribution in [-0.4, -0.2) is 27.8 Å². The van der Waals surface area contributed by atoms with Gasteiger partial charge in [0, 0.05) is 24.0 Å². The molecule has 3 aromatic rings. The molecule has 2 aromatic heterocycles. The van der Waals surface area contributed by atoms with Crippen LogP contribution < -0.4 is 5.32 Å². The molecular weight excluding hydrogens is 370 g/mol. The van der Waals surface area contributed by atoms with Crippen molar-refractivity contribution in [3.63, 3.8) is 0 Å². The van der Waals surface area contributed by atoms with Crippen molar-refractivity contribution in [2.75, 3.05) is 0 Å². The molecule has 7 nitrogen and oxygen atoms in total. The molecule has 0 aliphatic carbocycles. The number of hydrogen-bond acceptors (Lipinski definition) is 5. The number of carbonyl (C=O) groups is 2. The fourth-order valence-electron chi connectivity index (χ4n) is 2.37. The van der Waals surface area contributed by atoms with Gasteiger partial charge in [0.05, 0.1) is 6.54 Å². The van der Waals surface area contributed by atoms with Gasteiger partial charge in [-0.1, -0.05) is 29.8 Å². The van der Waals surface area contributed by atoms with Gasteiger partial charge in [-0.25, -0.2) is 4.79 Å². The van der Waals surface area contributed by atoms with Gasteiger partial charge < -0.3 is 14.5 Å². The molecular formula is C19H18ClN3O4. The second kappa shape index (κ2) is 8.55. The minimum absolute atomic E-state index is 0.0305. The van der Waals surface area contributed by atoms with Crippen molar-refractivity contribution in [2.45, 2.75) is 26.1 Å². The van der Waals surface area contributed by atoms with Crippen molar-refractivity contribution in [3.8, 4) is 0 Å². The number of carbonyl (C=O) groups excluding carboxylic acids is 2. The summed E-state index contributed by atoms with van der Waals surface area (Å²) in [6, 6.07) is 12.2. The third kappa shape index (κ3) is 4.98. The van der Waals surface area contributed by atoms with E-state index in [1.165, 1.54) is 13.0 Å². The predicted octanol–water partition coefficient (Wildman–Crippen LogP) is 3.04. The van der Waals surface area contributed by atoms with Crippen molar-refractivity contribution in [1.29, 1.82) is 0 Å². The molecule has 27 heavy (non-hydrogen) atoms. The zero-order valence-corrected chi connectivity index (χ0v) is 15.3. The van der Waals surface area contributed by atoms with Crippen LogP contribution in [-0.2, 0) is 22.6 Å². The van der Waals surface area contributed by atoms with E-state index < -0.39 is 18.0 Å². The van der Waals surface area contributed by atoms with Crippen LogP contribution in [0.5, 0.6) is 0 Å². The highest BCUT2D eigenvalue weighted by atomic mass is 35.5. The van der Waals surface area contributed by atoms with Crippen molar-refractivity contribution in [2.24, 2.45) is 0 Å². The number of amides is 1. The first-order valence-electron chi connectivity index (χ1n) is 8.31. The van der Waals surface area contributed by atoms with E-state index in [4.69, 9.17) is 20.8 Å². The summed E-state index contributed by atoms with van der Waals surface area (Å²) in [7, 11) is 0. The number of ether oxygens (including phenoxy) is 1. The Balaban J connectivity index is 1.51. The van der Waals surface area contributed by atoms with Crippen molar-refractivity contribution >= 4 is 23.5 Å². The highest BCUT2D eigenvalue weighted by molar-refractivity contribution is 6.31. The van der Waals surface area contributed by atoms with E-state index in [9.17, 15) is 9.59 Å². The SMILES string of the molecule is CC(OC(=O)c1ccc(Cn2cccn2)o1)C(=O)NCc1ccccc1Cl. The quantitative estimate of drug-likeness (QED) is 0.630. The fraction of sp³-hybridized carbons (Fsp3) is 0.211. The average Bonchev–Trinajstić information content (AvgIpc) is 3.33. The number of benzene rings is 1. The molecule has 0 radical (unpaired) electrons. The molecule has 140 valence electrons. The van der Waals surface area contributed by atoms with Crippen LogP contribution in [0.1, 0.15) is 28.8 Å². The number of nitrogens with one attached hydrogen (secondary N) is 1. The normalized spacial score (nSPS) is 11.8. The van der Waals surface area contributed by atoms with Crippen LogP contribution in [0.2, 0.25) is 5.02 Å². The number of esters is 1. The molecule has 1 atom stereocenters. The van der Waals surface area contributed by atoms with Gasteiger partial charge in [0.15, 0.2) is 6.10 Å². The molecule has 0 spiro atoms.